The van der Waals surface area contributed by atoms with Crippen LogP contribution in [0.15, 0.2) is 36.0 Å². The Bertz CT molecular complexity index is 596. The topological polar surface area (TPSA) is 81.3 Å². The lowest BCUT2D eigenvalue weighted by Gasteiger charge is -2.26. The zero-order chi connectivity index (χ0) is 14.9. The van der Waals surface area contributed by atoms with Crippen molar-refractivity contribution in [2.45, 2.75) is 12.2 Å². The number of aliphatic carboxylic acids is 1. The fourth-order valence-electron chi connectivity index (χ4n) is 1.86. The molecule has 0 radical (unpaired) electrons. The molecule has 1 aliphatic rings. The Kier molecular flexibility index (Phi) is 3.39. The van der Waals surface area contributed by atoms with Gasteiger partial charge in [0.25, 0.3) is 0 Å². The Hall–Kier alpha value is -2.51. The minimum atomic E-state index is -4.61. The lowest BCUT2D eigenvalue weighted by atomic mass is 9.98. The number of rotatable bonds is 2. The smallest absolute Gasteiger partial charge is 0.416 e. The summed E-state index contributed by atoms with van der Waals surface area (Å²) in [6.45, 7) is 0. The average molecular weight is 285 g/mol. The van der Waals surface area contributed by atoms with Crippen molar-refractivity contribution >= 4 is 12.0 Å². The van der Waals surface area contributed by atoms with Gasteiger partial charge >= 0.3 is 12.2 Å². The zero-order valence-electron chi connectivity index (χ0n) is 9.82. The Morgan fingerprint density at radius 1 is 1.25 bits per heavy atom. The van der Waals surface area contributed by atoms with Crippen LogP contribution in [0.4, 0.5) is 18.0 Å². The number of alkyl halides is 3. The van der Waals surface area contributed by atoms with E-state index in [4.69, 9.17) is 0 Å². The molecule has 0 saturated carbocycles. The Balaban J connectivity index is 2.49. The van der Waals surface area contributed by atoms with Gasteiger partial charge in [0, 0.05) is 0 Å². The second-order valence-corrected chi connectivity index (χ2v) is 4.03. The molecule has 20 heavy (non-hydrogen) atoms. The molecule has 2 N–H and O–H groups in total. The number of hydrogen-bond acceptors (Lipinski definition) is 3. The maximum absolute atomic E-state index is 12.9. The van der Waals surface area contributed by atoms with Gasteiger partial charge in [-0.1, -0.05) is 18.2 Å². The van der Waals surface area contributed by atoms with E-state index in [9.17, 15) is 27.9 Å². The maximum Gasteiger partial charge on any atom is 0.416 e. The average Bonchev–Trinajstić information content (AvgIpc) is 2.37. The van der Waals surface area contributed by atoms with Crippen molar-refractivity contribution in [1.82, 2.24) is 10.6 Å². The van der Waals surface area contributed by atoms with E-state index < -0.39 is 35.5 Å². The monoisotopic (exact) mass is 285 g/mol. The first-order chi connectivity index (χ1) is 9.29. The molecule has 1 heterocycles. The highest BCUT2D eigenvalue weighted by Gasteiger charge is 2.35. The van der Waals surface area contributed by atoms with Crippen molar-refractivity contribution in [3.63, 3.8) is 0 Å². The van der Waals surface area contributed by atoms with Crippen LogP contribution in [0.25, 0.3) is 0 Å². The van der Waals surface area contributed by atoms with Crippen molar-refractivity contribution in [1.29, 1.82) is 0 Å². The van der Waals surface area contributed by atoms with E-state index in [0.717, 1.165) is 12.1 Å². The first-order valence-corrected chi connectivity index (χ1v) is 5.46. The number of hydrogen-bond donors (Lipinski definition) is 2. The van der Waals surface area contributed by atoms with Crippen molar-refractivity contribution in [3.8, 4) is 0 Å². The van der Waals surface area contributed by atoms with E-state index in [-0.39, 0.29) is 5.56 Å². The molecule has 0 spiro atoms. The molecule has 2 amide bonds. The van der Waals surface area contributed by atoms with Gasteiger partial charge in [0.05, 0.1) is 23.3 Å². The number of carboxylic acid groups (broad SMARTS) is 1. The molecule has 106 valence electrons. The van der Waals surface area contributed by atoms with Crippen LogP contribution in [0.2, 0.25) is 0 Å². The van der Waals surface area contributed by atoms with Gasteiger partial charge < -0.3 is 20.5 Å². The number of carbonyl (C=O) groups is 2. The minimum Gasteiger partial charge on any atom is -0.543 e. The van der Waals surface area contributed by atoms with Crippen LogP contribution in [-0.4, -0.2) is 12.0 Å². The van der Waals surface area contributed by atoms with E-state index >= 15 is 0 Å². The van der Waals surface area contributed by atoms with Gasteiger partial charge in [-0.15, -0.1) is 0 Å². The fourth-order valence-corrected chi connectivity index (χ4v) is 1.86. The second-order valence-electron chi connectivity index (χ2n) is 4.03. The van der Waals surface area contributed by atoms with Gasteiger partial charge in [-0.3, -0.25) is 0 Å². The standard InChI is InChI=1S/C12H9F3N2O3/c13-12(14,15)7-4-2-1-3-6(7)8-5-9(10(18)19)17-11(20)16-8/h1-5,8H,(H,18,19)(H2,16,17,20)/p-1/t8-/m0/s1. The third-order valence-corrected chi connectivity index (χ3v) is 2.69. The summed E-state index contributed by atoms with van der Waals surface area (Å²) in [7, 11) is 0. The van der Waals surface area contributed by atoms with Gasteiger partial charge in [-0.05, 0) is 17.7 Å². The van der Waals surface area contributed by atoms with E-state index in [0.29, 0.717) is 0 Å². The van der Waals surface area contributed by atoms with Crippen LogP contribution in [0, 0.1) is 0 Å². The van der Waals surface area contributed by atoms with Gasteiger partial charge in [0.1, 0.15) is 0 Å². The molecule has 1 aromatic carbocycles. The summed E-state index contributed by atoms with van der Waals surface area (Å²) in [5.74, 6) is -1.67. The van der Waals surface area contributed by atoms with Crippen LogP contribution < -0.4 is 15.7 Å². The molecule has 0 unspecified atom stereocenters. The third kappa shape index (κ3) is 2.73. The summed E-state index contributed by atoms with van der Waals surface area (Å²) in [6, 6.07) is 2.49. The highest BCUT2D eigenvalue weighted by Crippen LogP contribution is 2.35. The van der Waals surface area contributed by atoms with Crippen molar-refractivity contribution < 1.29 is 27.9 Å². The Morgan fingerprint density at radius 3 is 2.50 bits per heavy atom. The first kappa shape index (κ1) is 13.9. The number of urea groups is 1. The number of benzene rings is 1. The second kappa shape index (κ2) is 4.87. The molecule has 1 atom stereocenters. The van der Waals surface area contributed by atoms with Gasteiger partial charge in [0.2, 0.25) is 0 Å². The van der Waals surface area contributed by atoms with Crippen molar-refractivity contribution in [2.24, 2.45) is 0 Å². The van der Waals surface area contributed by atoms with Crippen LogP contribution >= 0.6 is 0 Å². The molecule has 0 fully saturated rings. The largest absolute Gasteiger partial charge is 0.543 e. The third-order valence-electron chi connectivity index (χ3n) is 2.69. The van der Waals surface area contributed by atoms with E-state index in [2.05, 4.69) is 5.32 Å². The molecule has 1 aliphatic heterocycles. The molecule has 0 bridgehead atoms. The SMILES string of the molecule is O=C1NC(C(=O)[O-])=C[C@@H](c2ccccc2C(F)(F)F)N1. The van der Waals surface area contributed by atoms with Gasteiger partial charge in [-0.2, -0.15) is 13.2 Å². The summed E-state index contributed by atoms with van der Waals surface area (Å²) in [5.41, 5.74) is -1.76. The molecule has 1 aromatic rings. The number of nitrogens with one attached hydrogen (secondary N) is 2. The van der Waals surface area contributed by atoms with Crippen LogP contribution in [-0.2, 0) is 11.0 Å². The van der Waals surface area contributed by atoms with Gasteiger partial charge in [0.15, 0.2) is 0 Å². The first-order valence-electron chi connectivity index (χ1n) is 5.46. The zero-order valence-corrected chi connectivity index (χ0v) is 9.82. The molecule has 5 nitrogen and oxygen atoms in total. The molecule has 0 saturated heterocycles. The van der Waals surface area contributed by atoms with E-state index in [1.165, 1.54) is 18.2 Å². The number of amides is 2. The Morgan fingerprint density at radius 2 is 1.90 bits per heavy atom. The van der Waals surface area contributed by atoms with E-state index in [1.807, 2.05) is 5.32 Å². The van der Waals surface area contributed by atoms with Crippen LogP contribution in [0.5, 0.6) is 0 Å². The van der Waals surface area contributed by atoms with Gasteiger partial charge in [-0.25, -0.2) is 4.79 Å². The number of halogens is 3. The van der Waals surface area contributed by atoms with Crippen molar-refractivity contribution in [3.05, 3.63) is 47.2 Å². The summed E-state index contributed by atoms with van der Waals surface area (Å²) in [4.78, 5) is 22.0. The van der Waals surface area contributed by atoms with Crippen LogP contribution in [0.3, 0.4) is 0 Å². The summed E-state index contributed by atoms with van der Waals surface area (Å²) < 4.78 is 38.6. The van der Waals surface area contributed by atoms with Crippen LogP contribution in [0.1, 0.15) is 17.2 Å². The predicted molar refractivity (Wildman–Crippen MR) is 58.9 cm³/mol. The molecule has 8 heteroatoms. The highest BCUT2D eigenvalue weighted by atomic mass is 19.4. The van der Waals surface area contributed by atoms with E-state index in [1.54, 1.807) is 0 Å². The number of carboxylic acids is 1. The predicted octanol–water partition coefficient (Wildman–Crippen LogP) is 0.693. The molecule has 0 aromatic heterocycles. The molecule has 2 rings (SSSR count). The maximum atomic E-state index is 12.9. The molecule has 0 aliphatic carbocycles. The summed E-state index contributed by atoms with van der Waals surface area (Å²) in [5, 5.41) is 14.9. The normalized spacial score (nSPS) is 18.9. The Labute approximate surface area is 111 Å². The minimum absolute atomic E-state index is 0.242. The lowest BCUT2D eigenvalue weighted by Crippen LogP contribution is -2.46. The fraction of sp³-hybridized carbons (Fsp3) is 0.167. The summed E-state index contributed by atoms with van der Waals surface area (Å²) >= 11 is 0. The lowest BCUT2D eigenvalue weighted by molar-refractivity contribution is -0.299. The summed E-state index contributed by atoms with van der Waals surface area (Å²) in [6.07, 6.45) is -3.65. The van der Waals surface area contributed by atoms with Crippen molar-refractivity contribution in [2.75, 3.05) is 0 Å². The molecular weight excluding hydrogens is 277 g/mol. The number of carbonyl (C=O) groups excluding carboxylic acids is 2. The highest BCUT2D eigenvalue weighted by molar-refractivity contribution is 5.92. The quantitative estimate of drug-likeness (QED) is 0.839. The molecular formula is C12H8F3N2O3-.